The van der Waals surface area contributed by atoms with Gasteiger partial charge in [-0.1, -0.05) is 26.0 Å². The minimum atomic E-state index is 0.535. The van der Waals surface area contributed by atoms with Crippen LogP contribution in [0.2, 0.25) is 0 Å². The Morgan fingerprint density at radius 2 is 1.80 bits per heavy atom. The first kappa shape index (κ1) is 16.3. The van der Waals surface area contributed by atoms with Crippen LogP contribution in [-0.2, 0) is 6.54 Å². The molecule has 0 fully saturated rings. The summed E-state index contributed by atoms with van der Waals surface area (Å²) in [6.07, 6.45) is 0. The van der Waals surface area contributed by atoms with Crippen LogP contribution in [0.25, 0.3) is 0 Å². The van der Waals surface area contributed by atoms with Gasteiger partial charge in [0.15, 0.2) is 5.96 Å². The number of ether oxygens (including phenoxy) is 1. The van der Waals surface area contributed by atoms with Crippen LogP contribution >= 0.6 is 0 Å². The lowest BCUT2D eigenvalue weighted by molar-refractivity contribution is 0.271. The summed E-state index contributed by atoms with van der Waals surface area (Å²) in [7, 11) is 0. The fourth-order valence-electron chi connectivity index (χ4n) is 1.77. The van der Waals surface area contributed by atoms with Gasteiger partial charge in [-0.2, -0.15) is 0 Å². The van der Waals surface area contributed by atoms with E-state index in [-0.39, 0.29) is 0 Å². The molecule has 1 rings (SSSR count). The molecule has 2 N–H and O–H groups in total. The summed E-state index contributed by atoms with van der Waals surface area (Å²) in [5.74, 6) is 2.05. The van der Waals surface area contributed by atoms with Crippen molar-refractivity contribution in [3.05, 3.63) is 29.8 Å². The van der Waals surface area contributed by atoms with Crippen molar-refractivity contribution in [2.45, 2.75) is 34.2 Å². The average molecular weight is 277 g/mol. The molecule has 20 heavy (non-hydrogen) atoms. The SMILES string of the molecule is CCN(CC)C(N)=NCc1ccc(OCC(C)C)cc1. The standard InChI is InChI=1S/C16H27N3O/c1-5-19(6-2)16(17)18-11-14-7-9-15(10-8-14)20-12-13(3)4/h7-10,13H,5-6,11-12H2,1-4H3,(H2,17,18). The highest BCUT2D eigenvalue weighted by atomic mass is 16.5. The van der Waals surface area contributed by atoms with E-state index in [2.05, 4.69) is 32.7 Å². The zero-order chi connectivity index (χ0) is 15.0. The van der Waals surface area contributed by atoms with Gasteiger partial charge in [-0.25, -0.2) is 4.99 Å². The van der Waals surface area contributed by atoms with Crippen LogP contribution in [0, 0.1) is 5.92 Å². The first-order valence-corrected chi connectivity index (χ1v) is 7.33. The molecule has 0 aliphatic carbocycles. The molecule has 4 heteroatoms. The highest BCUT2D eigenvalue weighted by Crippen LogP contribution is 2.13. The molecular formula is C16H27N3O. The first-order chi connectivity index (χ1) is 9.56. The van der Waals surface area contributed by atoms with Crippen molar-refractivity contribution in [3.63, 3.8) is 0 Å². The van der Waals surface area contributed by atoms with Crippen molar-refractivity contribution in [1.29, 1.82) is 0 Å². The number of guanidine groups is 1. The third-order valence-corrected chi connectivity index (χ3v) is 3.02. The normalized spacial score (nSPS) is 11.8. The first-order valence-electron chi connectivity index (χ1n) is 7.33. The summed E-state index contributed by atoms with van der Waals surface area (Å²) < 4.78 is 5.65. The van der Waals surface area contributed by atoms with E-state index in [1.165, 1.54) is 0 Å². The van der Waals surface area contributed by atoms with Gasteiger partial charge in [0, 0.05) is 13.1 Å². The number of rotatable bonds is 7. The molecule has 4 nitrogen and oxygen atoms in total. The molecule has 0 bridgehead atoms. The average Bonchev–Trinajstić information content (AvgIpc) is 2.45. The van der Waals surface area contributed by atoms with Crippen molar-refractivity contribution in [2.75, 3.05) is 19.7 Å². The van der Waals surface area contributed by atoms with Crippen LogP contribution in [0.3, 0.4) is 0 Å². The molecule has 0 aliphatic rings. The molecule has 1 aromatic carbocycles. The Hall–Kier alpha value is -1.71. The van der Waals surface area contributed by atoms with Gasteiger partial charge in [-0.3, -0.25) is 0 Å². The lowest BCUT2D eigenvalue weighted by atomic mass is 10.2. The van der Waals surface area contributed by atoms with Crippen LogP contribution in [0.15, 0.2) is 29.3 Å². The summed E-state index contributed by atoms with van der Waals surface area (Å²) in [4.78, 5) is 6.46. The number of hydrogen-bond acceptors (Lipinski definition) is 2. The molecule has 0 saturated carbocycles. The Bertz CT molecular complexity index is 408. The van der Waals surface area contributed by atoms with E-state index >= 15 is 0 Å². The summed E-state index contributed by atoms with van der Waals surface area (Å²) in [5.41, 5.74) is 7.09. The molecule has 0 spiro atoms. The number of nitrogens with two attached hydrogens (primary N) is 1. The Labute approximate surface area is 122 Å². The monoisotopic (exact) mass is 277 g/mol. The minimum Gasteiger partial charge on any atom is -0.493 e. The zero-order valence-electron chi connectivity index (χ0n) is 13.1. The van der Waals surface area contributed by atoms with E-state index in [0.29, 0.717) is 18.4 Å². The van der Waals surface area contributed by atoms with Crippen LogP contribution < -0.4 is 10.5 Å². The third-order valence-electron chi connectivity index (χ3n) is 3.02. The van der Waals surface area contributed by atoms with Gasteiger partial charge in [0.1, 0.15) is 5.75 Å². The largest absolute Gasteiger partial charge is 0.493 e. The third kappa shape index (κ3) is 5.51. The predicted molar refractivity (Wildman–Crippen MR) is 85.0 cm³/mol. The van der Waals surface area contributed by atoms with Gasteiger partial charge in [-0.05, 0) is 37.5 Å². The van der Waals surface area contributed by atoms with Crippen molar-refractivity contribution in [2.24, 2.45) is 16.6 Å². The molecule has 0 unspecified atom stereocenters. The Kier molecular flexibility index (Phi) is 6.91. The van der Waals surface area contributed by atoms with Gasteiger partial charge < -0.3 is 15.4 Å². The Morgan fingerprint density at radius 3 is 2.30 bits per heavy atom. The fraction of sp³-hybridized carbons (Fsp3) is 0.562. The summed E-state index contributed by atoms with van der Waals surface area (Å²) in [6, 6.07) is 8.05. The van der Waals surface area contributed by atoms with E-state index in [1.54, 1.807) is 0 Å². The van der Waals surface area contributed by atoms with Gasteiger partial charge in [0.25, 0.3) is 0 Å². The molecule has 0 aliphatic heterocycles. The number of nitrogens with zero attached hydrogens (tertiary/aromatic N) is 2. The van der Waals surface area contributed by atoms with Gasteiger partial charge in [0.2, 0.25) is 0 Å². The van der Waals surface area contributed by atoms with Gasteiger partial charge in [-0.15, -0.1) is 0 Å². The second-order valence-corrected chi connectivity index (χ2v) is 5.20. The molecule has 0 aromatic heterocycles. The Balaban J connectivity index is 2.55. The molecule has 112 valence electrons. The molecule has 0 amide bonds. The van der Waals surface area contributed by atoms with Crippen molar-refractivity contribution >= 4 is 5.96 Å². The predicted octanol–water partition coefficient (Wildman–Crippen LogP) is 2.88. The van der Waals surface area contributed by atoms with Crippen molar-refractivity contribution in [3.8, 4) is 5.75 Å². The molecule has 0 atom stereocenters. The van der Waals surface area contributed by atoms with E-state index < -0.39 is 0 Å². The summed E-state index contributed by atoms with van der Waals surface area (Å²) >= 11 is 0. The molecule has 0 heterocycles. The zero-order valence-corrected chi connectivity index (χ0v) is 13.1. The lowest BCUT2D eigenvalue weighted by Gasteiger charge is -2.19. The van der Waals surface area contributed by atoms with Gasteiger partial charge in [0.05, 0.1) is 13.2 Å². The highest BCUT2D eigenvalue weighted by Gasteiger charge is 2.02. The molecule has 0 radical (unpaired) electrons. The number of hydrogen-bond donors (Lipinski definition) is 1. The lowest BCUT2D eigenvalue weighted by Crippen LogP contribution is -2.37. The number of aliphatic imine (C=N–C) groups is 1. The van der Waals surface area contributed by atoms with Crippen LogP contribution in [0.4, 0.5) is 0 Å². The maximum Gasteiger partial charge on any atom is 0.191 e. The topological polar surface area (TPSA) is 50.8 Å². The molecular weight excluding hydrogens is 250 g/mol. The van der Waals surface area contributed by atoms with E-state index in [1.807, 2.05) is 29.2 Å². The fourth-order valence-corrected chi connectivity index (χ4v) is 1.77. The quantitative estimate of drug-likeness (QED) is 0.616. The maximum atomic E-state index is 5.95. The smallest absolute Gasteiger partial charge is 0.191 e. The number of benzene rings is 1. The minimum absolute atomic E-state index is 0.535. The van der Waals surface area contributed by atoms with E-state index in [9.17, 15) is 0 Å². The molecule has 1 aromatic rings. The summed E-state index contributed by atoms with van der Waals surface area (Å²) in [5, 5.41) is 0. The second kappa shape index (κ2) is 8.46. The second-order valence-electron chi connectivity index (χ2n) is 5.20. The van der Waals surface area contributed by atoms with Crippen LogP contribution in [0.5, 0.6) is 5.75 Å². The highest BCUT2D eigenvalue weighted by molar-refractivity contribution is 5.77. The van der Waals surface area contributed by atoms with Crippen molar-refractivity contribution < 1.29 is 4.74 Å². The maximum absolute atomic E-state index is 5.95. The van der Waals surface area contributed by atoms with Crippen molar-refractivity contribution in [1.82, 2.24) is 4.90 Å². The molecule has 0 saturated heterocycles. The van der Waals surface area contributed by atoms with E-state index in [0.717, 1.165) is 31.0 Å². The van der Waals surface area contributed by atoms with E-state index in [4.69, 9.17) is 10.5 Å². The van der Waals surface area contributed by atoms with Gasteiger partial charge >= 0.3 is 0 Å². The van der Waals surface area contributed by atoms with Crippen LogP contribution in [0.1, 0.15) is 33.3 Å². The Morgan fingerprint density at radius 1 is 1.20 bits per heavy atom. The van der Waals surface area contributed by atoms with Crippen LogP contribution in [-0.4, -0.2) is 30.6 Å². The summed E-state index contributed by atoms with van der Waals surface area (Å²) in [6.45, 7) is 11.5.